The number of nitrogens with zero attached hydrogens (tertiary/aromatic N) is 2. The summed E-state index contributed by atoms with van der Waals surface area (Å²) in [6.07, 6.45) is 4.37. The molecule has 2 atom stereocenters. The van der Waals surface area contributed by atoms with Crippen LogP contribution in [0.1, 0.15) is 19.3 Å². The second kappa shape index (κ2) is 4.42. The Labute approximate surface area is 96.1 Å². The van der Waals surface area contributed by atoms with E-state index in [2.05, 4.69) is 42.3 Å². The van der Waals surface area contributed by atoms with Gasteiger partial charge in [-0.05, 0) is 12.8 Å². The number of quaternary nitrogens is 2. The lowest BCUT2D eigenvalue weighted by Crippen LogP contribution is -2.45. The molecule has 0 amide bonds. The topological polar surface area (TPSA) is 0 Å². The zero-order chi connectivity index (χ0) is 11.7. The summed E-state index contributed by atoms with van der Waals surface area (Å²) < 4.78 is 2.25. The Morgan fingerprint density at radius 1 is 0.733 bits per heavy atom. The number of hydrogen-bond acceptors (Lipinski definition) is 0. The van der Waals surface area contributed by atoms with Crippen LogP contribution < -0.4 is 0 Å². The molecule has 0 aliphatic heterocycles. The van der Waals surface area contributed by atoms with Crippen molar-refractivity contribution in [3.63, 3.8) is 0 Å². The minimum absolute atomic E-state index is 0.961. The molecule has 0 bridgehead atoms. The van der Waals surface area contributed by atoms with E-state index < -0.39 is 0 Å². The van der Waals surface area contributed by atoms with E-state index in [9.17, 15) is 0 Å². The average Bonchev–Trinajstić information content (AvgIpc) is 2.29. The summed E-state index contributed by atoms with van der Waals surface area (Å²) in [6, 6.07) is 0. The van der Waals surface area contributed by atoms with Crippen LogP contribution in [0.4, 0.5) is 0 Å². The minimum Gasteiger partial charge on any atom is -0.331 e. The van der Waals surface area contributed by atoms with Crippen molar-refractivity contribution >= 4 is 0 Å². The second-order valence-corrected chi connectivity index (χ2v) is 7.40. The van der Waals surface area contributed by atoms with Crippen LogP contribution >= 0.6 is 0 Å². The minimum atomic E-state index is 0.961. The molecular weight excluding hydrogens is 184 g/mol. The summed E-state index contributed by atoms with van der Waals surface area (Å²) in [7, 11) is 13.9. The van der Waals surface area contributed by atoms with Gasteiger partial charge in [0.15, 0.2) is 0 Å². The third-order valence-electron chi connectivity index (χ3n) is 3.38. The lowest BCUT2D eigenvalue weighted by atomic mass is 9.94. The SMILES string of the molecule is C[N+](C)(C)C[C@H]1CCC[C@H]1C[N+](C)(C)C. The van der Waals surface area contributed by atoms with Crippen molar-refractivity contribution in [3.05, 3.63) is 0 Å². The standard InChI is InChI=1S/C13H30N2/c1-14(2,3)10-12-8-7-9-13(12)11-15(4,5)6/h12-13H,7-11H2,1-6H3/q+2/t12-,13+. The summed E-state index contributed by atoms with van der Waals surface area (Å²) in [5.74, 6) is 1.92. The van der Waals surface area contributed by atoms with Crippen molar-refractivity contribution in [1.82, 2.24) is 0 Å². The van der Waals surface area contributed by atoms with Crippen LogP contribution in [0.5, 0.6) is 0 Å². The van der Waals surface area contributed by atoms with E-state index in [0.717, 1.165) is 20.8 Å². The van der Waals surface area contributed by atoms with E-state index in [0.29, 0.717) is 0 Å². The van der Waals surface area contributed by atoms with Gasteiger partial charge in [-0.1, -0.05) is 6.42 Å². The predicted octanol–water partition coefficient (Wildman–Crippen LogP) is 1.82. The van der Waals surface area contributed by atoms with Gasteiger partial charge in [-0.3, -0.25) is 0 Å². The van der Waals surface area contributed by atoms with Crippen LogP contribution in [0.15, 0.2) is 0 Å². The Hall–Kier alpha value is -0.0800. The van der Waals surface area contributed by atoms with Crippen molar-refractivity contribution in [2.75, 3.05) is 55.4 Å². The van der Waals surface area contributed by atoms with Crippen molar-refractivity contribution in [2.45, 2.75) is 19.3 Å². The molecular formula is C13H30N2+2. The highest BCUT2D eigenvalue weighted by atomic mass is 15.3. The predicted molar refractivity (Wildman–Crippen MR) is 66.6 cm³/mol. The molecule has 1 fully saturated rings. The summed E-state index contributed by atoms with van der Waals surface area (Å²) in [5.41, 5.74) is 0. The first-order valence-corrected chi connectivity index (χ1v) is 6.28. The second-order valence-electron chi connectivity index (χ2n) is 7.40. The van der Waals surface area contributed by atoms with Gasteiger partial charge in [0.1, 0.15) is 0 Å². The normalized spacial score (nSPS) is 28.4. The van der Waals surface area contributed by atoms with Crippen molar-refractivity contribution in [3.8, 4) is 0 Å². The zero-order valence-electron chi connectivity index (χ0n) is 11.6. The van der Waals surface area contributed by atoms with Crippen molar-refractivity contribution < 1.29 is 8.97 Å². The highest BCUT2D eigenvalue weighted by molar-refractivity contribution is 4.77. The molecule has 2 heteroatoms. The Bertz CT molecular complexity index is 176. The lowest BCUT2D eigenvalue weighted by molar-refractivity contribution is -0.882. The van der Waals surface area contributed by atoms with E-state index in [1.165, 1.54) is 32.4 Å². The first-order chi connectivity index (χ1) is 6.67. The van der Waals surface area contributed by atoms with Crippen LogP contribution in [-0.2, 0) is 0 Å². The molecule has 0 spiro atoms. The molecule has 0 saturated heterocycles. The van der Waals surface area contributed by atoms with Gasteiger partial charge in [0.2, 0.25) is 0 Å². The van der Waals surface area contributed by atoms with Crippen LogP contribution in [0, 0.1) is 11.8 Å². The Balaban J connectivity index is 2.50. The zero-order valence-corrected chi connectivity index (χ0v) is 11.6. The van der Waals surface area contributed by atoms with Gasteiger partial charge < -0.3 is 8.97 Å². The smallest absolute Gasteiger partial charge is 0.0813 e. The molecule has 1 aliphatic carbocycles. The Kier molecular flexibility index (Phi) is 3.83. The summed E-state index contributed by atoms with van der Waals surface area (Å²) in [5, 5.41) is 0. The maximum Gasteiger partial charge on any atom is 0.0813 e. The highest BCUT2D eigenvalue weighted by Crippen LogP contribution is 2.33. The molecule has 0 radical (unpaired) electrons. The van der Waals surface area contributed by atoms with E-state index in [1.807, 2.05) is 0 Å². The maximum atomic E-state index is 2.32. The fourth-order valence-electron chi connectivity index (χ4n) is 3.00. The quantitative estimate of drug-likeness (QED) is 0.626. The molecule has 0 N–H and O–H groups in total. The third-order valence-corrected chi connectivity index (χ3v) is 3.38. The van der Waals surface area contributed by atoms with Gasteiger partial charge in [-0.25, -0.2) is 0 Å². The summed E-state index contributed by atoms with van der Waals surface area (Å²) >= 11 is 0. The highest BCUT2D eigenvalue weighted by Gasteiger charge is 2.34. The Morgan fingerprint density at radius 3 is 1.33 bits per heavy atom. The lowest BCUT2D eigenvalue weighted by Gasteiger charge is -2.33. The largest absolute Gasteiger partial charge is 0.331 e. The van der Waals surface area contributed by atoms with Crippen LogP contribution in [0.25, 0.3) is 0 Å². The fraction of sp³-hybridized carbons (Fsp3) is 1.00. The van der Waals surface area contributed by atoms with Gasteiger partial charge in [-0.15, -0.1) is 0 Å². The fourth-order valence-corrected chi connectivity index (χ4v) is 3.00. The van der Waals surface area contributed by atoms with Crippen molar-refractivity contribution in [2.24, 2.45) is 11.8 Å². The molecule has 0 heterocycles. The molecule has 1 saturated carbocycles. The van der Waals surface area contributed by atoms with Gasteiger partial charge in [-0.2, -0.15) is 0 Å². The molecule has 0 unspecified atom stereocenters. The molecule has 1 rings (SSSR count). The monoisotopic (exact) mass is 214 g/mol. The van der Waals surface area contributed by atoms with Gasteiger partial charge >= 0.3 is 0 Å². The van der Waals surface area contributed by atoms with Gasteiger partial charge in [0, 0.05) is 11.8 Å². The van der Waals surface area contributed by atoms with Crippen LogP contribution in [0.2, 0.25) is 0 Å². The van der Waals surface area contributed by atoms with Gasteiger partial charge in [0.05, 0.1) is 55.4 Å². The molecule has 0 aromatic rings. The first-order valence-electron chi connectivity index (χ1n) is 6.28. The number of rotatable bonds is 4. The summed E-state index contributed by atoms with van der Waals surface area (Å²) in [4.78, 5) is 0. The average molecular weight is 214 g/mol. The molecule has 0 aromatic heterocycles. The molecule has 90 valence electrons. The van der Waals surface area contributed by atoms with Crippen molar-refractivity contribution in [1.29, 1.82) is 0 Å². The van der Waals surface area contributed by atoms with Gasteiger partial charge in [0.25, 0.3) is 0 Å². The van der Waals surface area contributed by atoms with E-state index >= 15 is 0 Å². The molecule has 1 aliphatic rings. The van der Waals surface area contributed by atoms with E-state index in [1.54, 1.807) is 0 Å². The number of hydrogen-bond donors (Lipinski definition) is 0. The molecule has 2 nitrogen and oxygen atoms in total. The summed E-state index contributed by atoms with van der Waals surface area (Å²) in [6.45, 7) is 2.70. The molecule has 15 heavy (non-hydrogen) atoms. The van der Waals surface area contributed by atoms with Crippen LogP contribution in [-0.4, -0.2) is 64.3 Å². The maximum absolute atomic E-state index is 2.32. The first kappa shape index (κ1) is 13.0. The van der Waals surface area contributed by atoms with Crippen LogP contribution in [0.3, 0.4) is 0 Å². The Morgan fingerprint density at radius 2 is 1.07 bits per heavy atom. The van der Waals surface area contributed by atoms with E-state index in [-0.39, 0.29) is 0 Å². The van der Waals surface area contributed by atoms with E-state index in [4.69, 9.17) is 0 Å². The third kappa shape index (κ3) is 4.98. The molecule has 0 aromatic carbocycles.